The average molecular weight is 542 g/mol. The number of carbonyl (C=O) groups excluding carboxylic acids is 1. The summed E-state index contributed by atoms with van der Waals surface area (Å²) in [4.78, 5) is 25.9. The van der Waals surface area contributed by atoms with E-state index in [9.17, 15) is 4.79 Å². The smallest absolute Gasteiger partial charge is 0.247 e. The lowest BCUT2D eigenvalue weighted by atomic mass is 10.1. The van der Waals surface area contributed by atoms with E-state index >= 15 is 0 Å². The second-order valence-corrected chi connectivity index (χ2v) is 10.2. The van der Waals surface area contributed by atoms with Gasteiger partial charge in [0.05, 0.1) is 6.20 Å². The molecule has 4 aromatic rings. The fourth-order valence-electron chi connectivity index (χ4n) is 4.69. The van der Waals surface area contributed by atoms with Gasteiger partial charge in [-0.1, -0.05) is 48.5 Å². The number of halogens is 1. The summed E-state index contributed by atoms with van der Waals surface area (Å²) in [5.41, 5.74) is 3.39. The van der Waals surface area contributed by atoms with Crippen LogP contribution in [0.4, 0.5) is 28.8 Å². The number of hydrogen-bond acceptors (Lipinski definition) is 7. The van der Waals surface area contributed by atoms with Gasteiger partial charge in [-0.15, -0.1) is 0 Å². The Labute approximate surface area is 233 Å². The number of anilines is 5. The van der Waals surface area contributed by atoms with Gasteiger partial charge < -0.3 is 20.9 Å². The summed E-state index contributed by atoms with van der Waals surface area (Å²) in [5, 5.41) is 12.2. The number of rotatable bonds is 8. The van der Waals surface area contributed by atoms with Crippen LogP contribution >= 0.6 is 11.6 Å². The quantitative estimate of drug-likeness (QED) is 0.235. The van der Waals surface area contributed by atoms with Crippen LogP contribution in [0.2, 0.25) is 5.02 Å². The zero-order chi connectivity index (χ0) is 27.2. The molecule has 1 aliphatic heterocycles. The lowest BCUT2D eigenvalue weighted by Gasteiger charge is -2.21. The molecule has 1 saturated heterocycles. The van der Waals surface area contributed by atoms with Crippen LogP contribution in [0.3, 0.4) is 0 Å². The van der Waals surface area contributed by atoms with Gasteiger partial charge in [0.15, 0.2) is 5.82 Å². The van der Waals surface area contributed by atoms with Gasteiger partial charge >= 0.3 is 0 Å². The van der Waals surface area contributed by atoms with Gasteiger partial charge in [-0.3, -0.25) is 9.69 Å². The highest BCUT2D eigenvalue weighted by atomic mass is 35.5. The van der Waals surface area contributed by atoms with Gasteiger partial charge in [0.2, 0.25) is 11.9 Å². The second kappa shape index (κ2) is 12.3. The molecular weight excluding hydrogens is 510 g/mol. The van der Waals surface area contributed by atoms with Crippen molar-refractivity contribution < 1.29 is 4.79 Å². The maximum Gasteiger partial charge on any atom is 0.247 e. The van der Waals surface area contributed by atoms with Crippen molar-refractivity contribution in [1.82, 2.24) is 19.8 Å². The van der Waals surface area contributed by atoms with Gasteiger partial charge in [-0.05, 0) is 79.3 Å². The van der Waals surface area contributed by atoms with Crippen molar-refractivity contribution in [3.63, 3.8) is 0 Å². The molecule has 200 valence electrons. The normalized spacial score (nSPS) is 14.5. The van der Waals surface area contributed by atoms with Gasteiger partial charge in [-0.2, -0.15) is 4.98 Å². The van der Waals surface area contributed by atoms with E-state index in [1.165, 1.54) is 6.08 Å². The minimum atomic E-state index is -0.265. The Morgan fingerprint density at radius 1 is 0.974 bits per heavy atom. The molecule has 0 unspecified atom stereocenters. The first-order valence-corrected chi connectivity index (χ1v) is 13.4. The number of amides is 1. The molecule has 9 heteroatoms. The number of fused-ring (bicyclic) bond motifs is 1. The van der Waals surface area contributed by atoms with Crippen LogP contribution in [-0.4, -0.2) is 58.9 Å². The summed E-state index contributed by atoms with van der Waals surface area (Å²) in [6.07, 6.45) is 3.95. The lowest BCUT2D eigenvalue weighted by Crippen LogP contribution is -2.28. The van der Waals surface area contributed by atoms with E-state index in [2.05, 4.69) is 79.7 Å². The van der Waals surface area contributed by atoms with Crippen LogP contribution in [0.5, 0.6) is 0 Å². The Morgan fingerprint density at radius 3 is 2.64 bits per heavy atom. The van der Waals surface area contributed by atoms with Crippen LogP contribution in [0, 0.1) is 0 Å². The Balaban J connectivity index is 1.38. The van der Waals surface area contributed by atoms with E-state index in [1.54, 1.807) is 6.20 Å². The lowest BCUT2D eigenvalue weighted by molar-refractivity contribution is -0.111. The predicted octanol–water partition coefficient (Wildman–Crippen LogP) is 6.03. The molecule has 2 heterocycles. The van der Waals surface area contributed by atoms with Crippen molar-refractivity contribution in [3.8, 4) is 0 Å². The molecule has 0 saturated carbocycles. The fraction of sp³-hybridized carbons (Fsp3) is 0.233. The Kier molecular flexibility index (Phi) is 8.36. The number of aromatic nitrogens is 2. The first-order chi connectivity index (χ1) is 18.9. The van der Waals surface area contributed by atoms with E-state index in [0.29, 0.717) is 22.5 Å². The minimum Gasteiger partial charge on any atom is -0.339 e. The van der Waals surface area contributed by atoms with E-state index in [-0.39, 0.29) is 5.91 Å². The molecule has 0 aliphatic carbocycles. The van der Waals surface area contributed by atoms with E-state index < -0.39 is 0 Å². The Bertz CT molecular complexity index is 1490. The summed E-state index contributed by atoms with van der Waals surface area (Å²) in [6, 6.07) is 20.2. The fourth-order valence-corrected chi connectivity index (χ4v) is 4.82. The number of nitrogens with zero attached hydrogens (tertiary/aromatic N) is 4. The van der Waals surface area contributed by atoms with Crippen LogP contribution in [0.15, 0.2) is 79.5 Å². The molecule has 0 atom stereocenters. The van der Waals surface area contributed by atoms with Crippen molar-refractivity contribution in [1.29, 1.82) is 0 Å². The summed E-state index contributed by atoms with van der Waals surface area (Å²) in [6.45, 7) is 8.50. The first-order valence-electron chi connectivity index (χ1n) is 13.0. The molecule has 0 spiro atoms. The predicted molar refractivity (Wildman–Crippen MR) is 160 cm³/mol. The van der Waals surface area contributed by atoms with Crippen molar-refractivity contribution in [3.05, 3.63) is 90.1 Å². The Hall–Kier alpha value is -3.98. The number of hydrogen-bond donors (Lipinski definition) is 3. The number of likely N-dealkylation sites (N-methyl/N-ethyl adjacent to an activating group) is 1. The molecule has 1 aromatic heterocycles. The minimum absolute atomic E-state index is 0.265. The molecule has 0 radical (unpaired) electrons. The van der Waals surface area contributed by atoms with Crippen LogP contribution < -0.4 is 16.0 Å². The zero-order valence-electron chi connectivity index (χ0n) is 22.0. The third kappa shape index (κ3) is 7.11. The number of nitrogens with one attached hydrogen (secondary N) is 3. The van der Waals surface area contributed by atoms with Crippen molar-refractivity contribution >= 4 is 57.1 Å². The summed E-state index contributed by atoms with van der Waals surface area (Å²) < 4.78 is 0. The van der Waals surface area contributed by atoms with E-state index in [4.69, 9.17) is 11.6 Å². The SMILES string of the molecule is C=CC(=O)Nc1cc(CN2CCCN(C)CC2)cc(Nc2ncc(Cl)c(Nc3ccc4ccccc4c3)n2)c1. The van der Waals surface area contributed by atoms with Crippen molar-refractivity contribution in [2.24, 2.45) is 0 Å². The third-order valence-electron chi connectivity index (χ3n) is 6.68. The van der Waals surface area contributed by atoms with Gasteiger partial charge in [0.25, 0.3) is 0 Å². The van der Waals surface area contributed by atoms with Gasteiger partial charge in [-0.25, -0.2) is 4.98 Å². The molecular formula is C30H32ClN7O. The summed E-state index contributed by atoms with van der Waals surface area (Å²) >= 11 is 6.44. The molecule has 8 nitrogen and oxygen atoms in total. The maximum absolute atomic E-state index is 12.1. The molecule has 1 fully saturated rings. The van der Waals surface area contributed by atoms with Crippen LogP contribution in [0.1, 0.15) is 12.0 Å². The molecule has 3 N–H and O–H groups in total. The largest absolute Gasteiger partial charge is 0.339 e. The van der Waals surface area contributed by atoms with Crippen LogP contribution in [0.25, 0.3) is 10.8 Å². The molecule has 1 amide bonds. The second-order valence-electron chi connectivity index (χ2n) is 9.75. The van der Waals surface area contributed by atoms with Crippen molar-refractivity contribution in [2.75, 3.05) is 49.2 Å². The van der Waals surface area contributed by atoms with Crippen LogP contribution in [-0.2, 0) is 11.3 Å². The van der Waals surface area contributed by atoms with Gasteiger partial charge in [0, 0.05) is 36.7 Å². The summed E-state index contributed by atoms with van der Waals surface area (Å²) in [7, 11) is 2.16. The monoisotopic (exact) mass is 541 g/mol. The Morgan fingerprint density at radius 2 is 1.79 bits per heavy atom. The maximum atomic E-state index is 12.1. The molecule has 0 bridgehead atoms. The molecule has 39 heavy (non-hydrogen) atoms. The standard InChI is InChI=1S/C30H32ClN7O/c1-3-28(39)33-25-15-21(20-38-12-6-11-37(2)13-14-38)16-26(18-25)35-30-32-19-27(31)29(36-30)34-24-10-9-22-7-4-5-8-23(22)17-24/h3-5,7-10,15-19H,1,6,11-14,20H2,2H3,(H,33,39)(H2,32,34,35,36). The number of benzene rings is 3. The highest BCUT2D eigenvalue weighted by Crippen LogP contribution is 2.28. The van der Waals surface area contributed by atoms with E-state index in [1.807, 2.05) is 30.3 Å². The first kappa shape index (κ1) is 26.6. The van der Waals surface area contributed by atoms with Gasteiger partial charge in [0.1, 0.15) is 5.02 Å². The molecule has 3 aromatic carbocycles. The zero-order valence-corrected chi connectivity index (χ0v) is 22.7. The average Bonchev–Trinajstić information content (AvgIpc) is 3.14. The highest BCUT2D eigenvalue weighted by molar-refractivity contribution is 6.32. The molecule has 1 aliphatic rings. The van der Waals surface area contributed by atoms with Crippen molar-refractivity contribution in [2.45, 2.75) is 13.0 Å². The number of carbonyl (C=O) groups is 1. The topological polar surface area (TPSA) is 85.4 Å². The summed E-state index contributed by atoms with van der Waals surface area (Å²) in [5.74, 6) is 0.616. The van der Waals surface area contributed by atoms with E-state index in [0.717, 1.165) is 66.9 Å². The molecule has 5 rings (SSSR count). The third-order valence-corrected chi connectivity index (χ3v) is 6.95. The highest BCUT2D eigenvalue weighted by Gasteiger charge is 2.14.